The van der Waals surface area contributed by atoms with Gasteiger partial charge < -0.3 is 25.7 Å². The molecule has 1 heterocycles. The highest BCUT2D eigenvalue weighted by atomic mass is 79.9. The van der Waals surface area contributed by atoms with Gasteiger partial charge in [0.25, 0.3) is 0 Å². The third kappa shape index (κ3) is 8.97. The van der Waals surface area contributed by atoms with Gasteiger partial charge in [-0.05, 0) is 58.7 Å². The predicted octanol–water partition coefficient (Wildman–Crippen LogP) is 3.73. The van der Waals surface area contributed by atoms with Crippen LogP contribution in [0.25, 0.3) is 10.8 Å². The van der Waals surface area contributed by atoms with Crippen LogP contribution in [-0.4, -0.2) is 74.2 Å². The van der Waals surface area contributed by atoms with Crippen molar-refractivity contribution >= 4 is 60.5 Å². The van der Waals surface area contributed by atoms with Crippen molar-refractivity contribution < 1.29 is 27.6 Å². The maximum atomic E-state index is 14.0. The fraction of sp³-hybridized carbons (Fsp3) is 0.235. The fourth-order valence-electron chi connectivity index (χ4n) is 5.27. The number of piperazine rings is 1. The van der Waals surface area contributed by atoms with E-state index >= 15 is 0 Å². The summed E-state index contributed by atoms with van der Waals surface area (Å²) in [6.45, 7) is 2.56. The van der Waals surface area contributed by atoms with E-state index in [4.69, 9.17) is 5.73 Å². The number of hydrogen-bond donors (Lipinski definition) is 3. The van der Waals surface area contributed by atoms with Crippen LogP contribution < -0.4 is 15.8 Å². The van der Waals surface area contributed by atoms with Crippen LogP contribution in [0.2, 0.25) is 0 Å². The van der Waals surface area contributed by atoms with E-state index in [0.717, 1.165) is 20.8 Å². The van der Waals surface area contributed by atoms with Gasteiger partial charge in [0, 0.05) is 49.7 Å². The molecule has 1 fully saturated rings. The Morgan fingerprint density at radius 2 is 1.56 bits per heavy atom. The first kappa shape index (κ1) is 34.5. The summed E-state index contributed by atoms with van der Waals surface area (Å²) in [4.78, 5) is 45.9. The number of carbonyl (C=O) groups is 3. The molecule has 5 rings (SSSR count). The summed E-state index contributed by atoms with van der Waals surface area (Å²) in [5, 5.41) is 8.15. The van der Waals surface area contributed by atoms with Gasteiger partial charge in [0.2, 0.25) is 15.9 Å². The van der Waals surface area contributed by atoms with Crippen molar-refractivity contribution in [1.82, 2.24) is 19.8 Å². The molecule has 14 heteroatoms. The van der Waals surface area contributed by atoms with Crippen LogP contribution in [0.4, 0.5) is 4.79 Å². The molecule has 0 saturated carbocycles. The number of sulfonamides is 1. The van der Waals surface area contributed by atoms with Gasteiger partial charge in [-0.15, -0.1) is 0 Å². The van der Waals surface area contributed by atoms with Gasteiger partial charge in [0.05, 0.1) is 4.90 Å². The molecule has 4 N–H and O–H groups in total. The number of benzene rings is 4. The lowest BCUT2D eigenvalue weighted by Crippen LogP contribution is -2.57. The number of hydrogen-bond acceptors (Lipinski definition) is 7. The van der Waals surface area contributed by atoms with Crippen LogP contribution >= 0.6 is 15.9 Å². The van der Waals surface area contributed by atoms with Gasteiger partial charge in [0.15, 0.2) is 5.84 Å². The molecule has 1 aliphatic rings. The number of halogens is 1. The van der Waals surface area contributed by atoms with Gasteiger partial charge in [-0.2, -0.15) is 4.72 Å². The van der Waals surface area contributed by atoms with Crippen molar-refractivity contribution in [2.45, 2.75) is 30.8 Å². The summed E-state index contributed by atoms with van der Waals surface area (Å²) >= 11 is 3.40. The summed E-state index contributed by atoms with van der Waals surface area (Å²) in [6, 6.07) is 25.1. The second-order valence-electron chi connectivity index (χ2n) is 11.2. The van der Waals surface area contributed by atoms with Gasteiger partial charge in [-0.25, -0.2) is 18.0 Å². The largest absolute Gasteiger partial charge is 0.380 e. The molecule has 1 atom stereocenters. The molecule has 0 spiro atoms. The molecule has 4 aromatic rings. The number of rotatable bonds is 10. The van der Waals surface area contributed by atoms with Gasteiger partial charge in [-0.1, -0.05) is 81.7 Å². The second kappa shape index (κ2) is 15.4. The Kier molecular flexibility index (Phi) is 11.1. The molecule has 12 nitrogen and oxygen atoms in total. The molecule has 4 aromatic carbocycles. The zero-order chi connectivity index (χ0) is 34.3. The maximum absolute atomic E-state index is 14.0. The standard InChI is InChI=1S/C34H35BrN6O6S/c1-23(42)47-38-32(36)28-8-4-5-25(19-28)20-31(39-48(45,46)30-14-11-26-6-2-3-7-27(26)21-30)33(43)40-15-17-41(18-16-40)34(44)37-22-24-9-12-29(35)13-10-24/h2-14,19,21,31,39H,15-18,20,22H2,1H3,(H2,36,38)(H,37,44)/t31-/m0/s1. The minimum atomic E-state index is -4.14. The number of oxime groups is 1. The SMILES string of the molecule is CC(=O)ON=C(N)c1cccc(C[C@H](NS(=O)(=O)c2ccc3ccccc3c2)C(=O)N2CCN(C(=O)NCc3ccc(Br)cc3)CC2)c1. The third-order valence-corrected chi connectivity index (χ3v) is 9.80. The van der Waals surface area contributed by atoms with Crippen LogP contribution in [0.1, 0.15) is 23.6 Å². The van der Waals surface area contributed by atoms with E-state index in [9.17, 15) is 22.8 Å². The summed E-state index contributed by atoms with van der Waals surface area (Å²) in [7, 11) is -4.14. The molecule has 0 radical (unpaired) electrons. The second-order valence-corrected chi connectivity index (χ2v) is 13.9. The first-order chi connectivity index (χ1) is 23.0. The van der Waals surface area contributed by atoms with Crippen molar-refractivity contribution in [2.24, 2.45) is 10.9 Å². The minimum Gasteiger partial charge on any atom is -0.380 e. The number of amidine groups is 1. The number of fused-ring (bicyclic) bond motifs is 1. The molecule has 0 unspecified atom stereocenters. The molecule has 0 aromatic heterocycles. The van der Waals surface area contributed by atoms with Crippen LogP contribution in [0.15, 0.2) is 106 Å². The Morgan fingerprint density at radius 3 is 2.27 bits per heavy atom. The van der Waals surface area contributed by atoms with E-state index in [1.165, 1.54) is 13.0 Å². The molecular weight excluding hydrogens is 700 g/mol. The molecule has 0 aliphatic carbocycles. The van der Waals surface area contributed by atoms with E-state index < -0.39 is 27.9 Å². The zero-order valence-corrected chi connectivity index (χ0v) is 28.5. The minimum absolute atomic E-state index is 0.00573. The average Bonchev–Trinajstić information content (AvgIpc) is 3.09. The highest BCUT2D eigenvalue weighted by molar-refractivity contribution is 9.10. The lowest BCUT2D eigenvalue weighted by molar-refractivity contribution is -0.141. The number of nitrogens with one attached hydrogen (secondary N) is 2. The van der Waals surface area contributed by atoms with E-state index in [1.54, 1.807) is 46.2 Å². The monoisotopic (exact) mass is 734 g/mol. The summed E-state index contributed by atoms with van der Waals surface area (Å²) < 4.78 is 31.0. The van der Waals surface area contributed by atoms with Crippen LogP contribution in [-0.2, 0) is 37.4 Å². The van der Waals surface area contributed by atoms with E-state index in [-0.39, 0.29) is 49.4 Å². The van der Waals surface area contributed by atoms with Crippen LogP contribution in [0.5, 0.6) is 0 Å². The molecule has 48 heavy (non-hydrogen) atoms. The highest BCUT2D eigenvalue weighted by Gasteiger charge is 2.32. The number of amides is 3. The molecular formula is C34H35BrN6O6S. The van der Waals surface area contributed by atoms with E-state index in [1.807, 2.05) is 48.5 Å². The van der Waals surface area contributed by atoms with E-state index in [0.29, 0.717) is 17.7 Å². The Balaban J connectivity index is 1.32. The van der Waals surface area contributed by atoms with Gasteiger partial charge in [-0.3, -0.25) is 4.79 Å². The normalized spacial score (nSPS) is 14.4. The Bertz CT molecular complexity index is 1950. The highest BCUT2D eigenvalue weighted by Crippen LogP contribution is 2.21. The van der Waals surface area contributed by atoms with Crippen molar-refractivity contribution in [1.29, 1.82) is 0 Å². The summed E-state index contributed by atoms with van der Waals surface area (Å²) in [5.41, 5.74) is 7.96. The first-order valence-corrected chi connectivity index (χ1v) is 17.4. The molecule has 1 aliphatic heterocycles. The van der Waals surface area contributed by atoms with Gasteiger partial charge >= 0.3 is 12.0 Å². The topological polar surface area (TPSA) is 164 Å². The first-order valence-electron chi connectivity index (χ1n) is 15.2. The lowest BCUT2D eigenvalue weighted by Gasteiger charge is -2.36. The smallest absolute Gasteiger partial charge is 0.332 e. The summed E-state index contributed by atoms with van der Waals surface area (Å²) in [5.74, 6) is -1.12. The Morgan fingerprint density at radius 1 is 0.875 bits per heavy atom. The average molecular weight is 736 g/mol. The number of carbonyl (C=O) groups excluding carboxylic acids is 3. The van der Waals surface area contributed by atoms with Crippen molar-refractivity contribution in [3.63, 3.8) is 0 Å². The molecule has 3 amide bonds. The van der Waals surface area contributed by atoms with Crippen molar-refractivity contribution in [3.05, 3.63) is 112 Å². The van der Waals surface area contributed by atoms with Crippen molar-refractivity contribution in [2.75, 3.05) is 26.2 Å². The number of nitrogens with two attached hydrogens (primary N) is 1. The fourth-order valence-corrected chi connectivity index (χ4v) is 6.76. The Labute approximate surface area is 287 Å². The molecule has 250 valence electrons. The van der Waals surface area contributed by atoms with Crippen molar-refractivity contribution in [3.8, 4) is 0 Å². The van der Waals surface area contributed by atoms with Crippen LogP contribution in [0.3, 0.4) is 0 Å². The van der Waals surface area contributed by atoms with E-state index in [2.05, 4.69) is 36.0 Å². The number of nitrogens with zero attached hydrogens (tertiary/aromatic N) is 3. The summed E-state index contributed by atoms with van der Waals surface area (Å²) in [6.07, 6.45) is -0.00573. The van der Waals surface area contributed by atoms with Crippen LogP contribution in [0, 0.1) is 0 Å². The molecule has 0 bridgehead atoms. The Hall–Kier alpha value is -4.79. The number of urea groups is 1. The quantitative estimate of drug-likeness (QED) is 0.0968. The van der Waals surface area contributed by atoms with Gasteiger partial charge in [0.1, 0.15) is 6.04 Å². The molecule has 1 saturated heterocycles. The predicted molar refractivity (Wildman–Crippen MR) is 185 cm³/mol. The maximum Gasteiger partial charge on any atom is 0.332 e. The zero-order valence-electron chi connectivity index (χ0n) is 26.1. The third-order valence-electron chi connectivity index (χ3n) is 7.80. The lowest BCUT2D eigenvalue weighted by atomic mass is 10.0.